The van der Waals surface area contributed by atoms with E-state index in [2.05, 4.69) is 40.2 Å². The van der Waals surface area contributed by atoms with Crippen molar-refractivity contribution in [2.45, 2.75) is 49.5 Å². The van der Waals surface area contributed by atoms with E-state index in [9.17, 15) is 4.79 Å². The van der Waals surface area contributed by atoms with Gasteiger partial charge in [0.15, 0.2) is 0 Å². The second-order valence-corrected chi connectivity index (χ2v) is 6.76. The van der Waals surface area contributed by atoms with Gasteiger partial charge in [-0.05, 0) is 56.7 Å². The van der Waals surface area contributed by atoms with E-state index in [1.807, 2.05) is 12.1 Å². The quantitative estimate of drug-likeness (QED) is 0.404. The zero-order valence-electron chi connectivity index (χ0n) is 12.8. The smallest absolute Gasteiger partial charge is 0.150 e. The molecule has 2 nitrogen and oxygen atoms in total. The lowest BCUT2D eigenvalue weighted by atomic mass is 10.1. The standard InChI is InChI=1S/C13H14O2.C6H9Br/c14-10-11-5-4-8-13(9-11)15-12-6-2-1-3-7-12;7-6-4-2-1-3-5-6/h2,4-6,8-10,12H,1,3,7H2;2,4,6H,1,3,5H2. The third-order valence-corrected chi connectivity index (χ3v) is 4.45. The molecule has 1 aromatic carbocycles. The van der Waals surface area contributed by atoms with Crippen molar-refractivity contribution in [3.8, 4) is 5.75 Å². The Morgan fingerprint density at radius 2 is 1.86 bits per heavy atom. The lowest BCUT2D eigenvalue weighted by Gasteiger charge is -2.18. The molecule has 0 radical (unpaired) electrons. The van der Waals surface area contributed by atoms with Crippen LogP contribution in [0, 0.1) is 0 Å². The van der Waals surface area contributed by atoms with Gasteiger partial charge in [0.1, 0.15) is 18.1 Å². The maximum absolute atomic E-state index is 10.6. The van der Waals surface area contributed by atoms with Crippen molar-refractivity contribution in [2.24, 2.45) is 0 Å². The fraction of sp³-hybridized carbons (Fsp3) is 0.421. The molecule has 0 saturated carbocycles. The maximum atomic E-state index is 10.6. The first-order chi connectivity index (χ1) is 10.8. The van der Waals surface area contributed by atoms with E-state index in [0.29, 0.717) is 10.4 Å². The molecule has 2 unspecified atom stereocenters. The summed E-state index contributed by atoms with van der Waals surface area (Å²) in [5, 5.41) is 0. The lowest BCUT2D eigenvalue weighted by Crippen LogP contribution is -2.15. The molecule has 0 N–H and O–H groups in total. The van der Waals surface area contributed by atoms with Crippen molar-refractivity contribution in [2.75, 3.05) is 0 Å². The van der Waals surface area contributed by atoms with E-state index in [0.717, 1.165) is 24.9 Å². The van der Waals surface area contributed by atoms with Gasteiger partial charge in [-0.15, -0.1) is 0 Å². The summed E-state index contributed by atoms with van der Waals surface area (Å²) >= 11 is 3.50. The fourth-order valence-electron chi connectivity index (χ4n) is 2.49. The van der Waals surface area contributed by atoms with Crippen LogP contribution in [0.1, 0.15) is 48.9 Å². The van der Waals surface area contributed by atoms with Gasteiger partial charge in [0.05, 0.1) is 0 Å². The number of benzene rings is 1. The molecule has 0 fully saturated rings. The topological polar surface area (TPSA) is 26.3 Å². The Balaban J connectivity index is 0.000000211. The molecule has 0 saturated heterocycles. The van der Waals surface area contributed by atoms with Gasteiger partial charge in [-0.3, -0.25) is 4.79 Å². The highest BCUT2D eigenvalue weighted by molar-refractivity contribution is 9.09. The van der Waals surface area contributed by atoms with Crippen LogP contribution in [-0.2, 0) is 0 Å². The number of alkyl halides is 1. The van der Waals surface area contributed by atoms with Gasteiger partial charge in [0.25, 0.3) is 0 Å². The number of hydrogen-bond acceptors (Lipinski definition) is 2. The van der Waals surface area contributed by atoms with Gasteiger partial charge in [-0.2, -0.15) is 0 Å². The first-order valence-corrected chi connectivity index (χ1v) is 8.89. The van der Waals surface area contributed by atoms with Crippen LogP contribution >= 0.6 is 15.9 Å². The van der Waals surface area contributed by atoms with Gasteiger partial charge in [0.2, 0.25) is 0 Å². The van der Waals surface area contributed by atoms with E-state index < -0.39 is 0 Å². The van der Waals surface area contributed by atoms with Gasteiger partial charge in [-0.25, -0.2) is 0 Å². The third-order valence-electron chi connectivity index (χ3n) is 3.69. The number of halogens is 1. The van der Waals surface area contributed by atoms with Crippen molar-refractivity contribution < 1.29 is 9.53 Å². The molecule has 0 aliphatic heterocycles. The number of ether oxygens (including phenoxy) is 1. The Hall–Kier alpha value is -1.35. The van der Waals surface area contributed by atoms with E-state index >= 15 is 0 Å². The molecule has 0 heterocycles. The van der Waals surface area contributed by atoms with Crippen LogP contribution in [0.15, 0.2) is 48.6 Å². The normalized spacial score (nSPS) is 23.3. The minimum Gasteiger partial charge on any atom is -0.486 e. The molecule has 0 aromatic heterocycles. The molecule has 118 valence electrons. The zero-order valence-corrected chi connectivity index (χ0v) is 14.4. The summed E-state index contributed by atoms with van der Waals surface area (Å²) in [7, 11) is 0. The molecule has 0 spiro atoms. The highest BCUT2D eigenvalue weighted by Gasteiger charge is 2.09. The van der Waals surface area contributed by atoms with Gasteiger partial charge in [0, 0.05) is 10.4 Å². The molecule has 0 amide bonds. The Kier molecular flexibility index (Phi) is 7.44. The molecule has 2 atom stereocenters. The number of allylic oxidation sites excluding steroid dienone is 3. The molecular formula is C19H23BrO2. The largest absolute Gasteiger partial charge is 0.486 e. The summed E-state index contributed by atoms with van der Waals surface area (Å²) in [6.07, 6.45) is 17.0. The van der Waals surface area contributed by atoms with Gasteiger partial charge in [-0.1, -0.05) is 46.3 Å². The van der Waals surface area contributed by atoms with Crippen molar-refractivity contribution in [1.29, 1.82) is 0 Å². The van der Waals surface area contributed by atoms with Gasteiger partial charge < -0.3 is 4.74 Å². The van der Waals surface area contributed by atoms with Crippen molar-refractivity contribution in [1.82, 2.24) is 0 Å². The third kappa shape index (κ3) is 6.18. The van der Waals surface area contributed by atoms with Crippen LogP contribution in [0.2, 0.25) is 0 Å². The first kappa shape index (κ1) is 17.0. The second-order valence-electron chi connectivity index (χ2n) is 5.58. The van der Waals surface area contributed by atoms with Crippen LogP contribution in [0.25, 0.3) is 0 Å². The number of rotatable bonds is 3. The van der Waals surface area contributed by atoms with Crippen LogP contribution in [-0.4, -0.2) is 17.2 Å². The Bertz CT molecular complexity index is 522. The van der Waals surface area contributed by atoms with E-state index in [4.69, 9.17) is 4.74 Å². The van der Waals surface area contributed by atoms with Crippen molar-refractivity contribution >= 4 is 22.2 Å². The second kappa shape index (κ2) is 9.62. The summed E-state index contributed by atoms with van der Waals surface area (Å²) < 4.78 is 5.75. The predicted octanol–water partition coefficient (Wildman–Crippen LogP) is 5.48. The molecule has 3 heteroatoms. The zero-order chi connectivity index (χ0) is 15.6. The van der Waals surface area contributed by atoms with Crippen LogP contribution < -0.4 is 4.74 Å². The van der Waals surface area contributed by atoms with E-state index in [-0.39, 0.29) is 6.10 Å². The number of aldehydes is 1. The molecule has 3 rings (SSSR count). The minimum absolute atomic E-state index is 0.167. The predicted molar refractivity (Wildman–Crippen MR) is 94.9 cm³/mol. The Morgan fingerprint density at radius 3 is 2.41 bits per heavy atom. The Morgan fingerprint density at radius 1 is 1.09 bits per heavy atom. The summed E-state index contributed by atoms with van der Waals surface area (Å²) in [6.45, 7) is 0. The average molecular weight is 363 g/mol. The van der Waals surface area contributed by atoms with Crippen LogP contribution in [0.4, 0.5) is 0 Å². The number of carbonyl (C=O) groups is 1. The lowest BCUT2D eigenvalue weighted by molar-refractivity contribution is 0.112. The van der Waals surface area contributed by atoms with Crippen molar-refractivity contribution in [3.63, 3.8) is 0 Å². The summed E-state index contributed by atoms with van der Waals surface area (Å²) in [6, 6.07) is 7.27. The molecule has 2 aliphatic rings. The summed E-state index contributed by atoms with van der Waals surface area (Å²) in [5.41, 5.74) is 0.660. The SMILES string of the molecule is BrC1C=CCCC1.O=Cc1cccc(OC2C=CCCC2)c1. The highest BCUT2D eigenvalue weighted by atomic mass is 79.9. The Labute approximate surface area is 141 Å². The van der Waals surface area contributed by atoms with E-state index in [1.54, 1.807) is 12.1 Å². The minimum atomic E-state index is 0.167. The van der Waals surface area contributed by atoms with Crippen LogP contribution in [0.5, 0.6) is 5.75 Å². The average Bonchev–Trinajstić information content (AvgIpc) is 2.57. The van der Waals surface area contributed by atoms with Gasteiger partial charge >= 0.3 is 0 Å². The molecule has 1 aromatic rings. The fourth-order valence-corrected chi connectivity index (χ4v) is 3.03. The molecule has 22 heavy (non-hydrogen) atoms. The first-order valence-electron chi connectivity index (χ1n) is 7.97. The molecule has 0 bridgehead atoms. The van der Waals surface area contributed by atoms with Crippen LogP contribution in [0.3, 0.4) is 0 Å². The number of hydrogen-bond donors (Lipinski definition) is 0. The maximum Gasteiger partial charge on any atom is 0.150 e. The van der Waals surface area contributed by atoms with Crippen molar-refractivity contribution in [3.05, 3.63) is 54.1 Å². The summed E-state index contributed by atoms with van der Waals surface area (Å²) in [5.74, 6) is 0.774. The highest BCUT2D eigenvalue weighted by Crippen LogP contribution is 2.19. The molecular weight excluding hydrogens is 340 g/mol. The van der Waals surface area contributed by atoms with E-state index in [1.165, 1.54) is 25.7 Å². The molecule has 2 aliphatic carbocycles. The monoisotopic (exact) mass is 362 g/mol. The summed E-state index contributed by atoms with van der Waals surface area (Å²) in [4.78, 5) is 11.2. The number of carbonyl (C=O) groups excluding carboxylic acids is 1.